The molecule has 4 aromatic rings. The molecular weight excluding hydrogens is 436 g/mol. The third-order valence-electron chi connectivity index (χ3n) is 5.81. The fourth-order valence-electron chi connectivity index (χ4n) is 4.28. The molecule has 1 saturated carbocycles. The summed E-state index contributed by atoms with van der Waals surface area (Å²) in [4.78, 5) is 17.7. The van der Waals surface area contributed by atoms with Crippen LogP contribution in [0.3, 0.4) is 0 Å². The summed E-state index contributed by atoms with van der Waals surface area (Å²) in [5.41, 5.74) is 4.36. The van der Waals surface area contributed by atoms with E-state index in [-0.39, 0.29) is 17.5 Å². The maximum atomic E-state index is 13.3. The lowest BCUT2D eigenvalue weighted by molar-refractivity contribution is 0.587. The second-order valence-electron chi connectivity index (χ2n) is 8.27. The zero-order chi connectivity index (χ0) is 21.8. The molecule has 5 rings (SSSR count). The minimum Gasteiger partial charge on any atom is -0.342 e. The first-order valence-electron chi connectivity index (χ1n) is 10.3. The van der Waals surface area contributed by atoms with E-state index < -0.39 is 9.84 Å². The predicted octanol–water partition coefficient (Wildman–Crippen LogP) is 3.62. The van der Waals surface area contributed by atoms with E-state index in [0.717, 1.165) is 40.6 Å². The first-order valence-corrected chi connectivity index (χ1v) is 12.8. The number of sulfone groups is 1. The van der Waals surface area contributed by atoms with E-state index in [9.17, 15) is 13.2 Å². The SMILES string of the molecule is CS(=O)(=O)CCCn1c(Cn2c(=O)n(C3CC3)c3ccccc32)cc2nc(Cl)ccc21. The molecule has 9 heteroatoms. The number of imidazole rings is 1. The van der Waals surface area contributed by atoms with Crippen molar-refractivity contribution >= 4 is 43.5 Å². The van der Waals surface area contributed by atoms with Gasteiger partial charge in [-0.15, -0.1) is 0 Å². The summed E-state index contributed by atoms with van der Waals surface area (Å²) in [6.07, 6.45) is 3.79. The maximum absolute atomic E-state index is 13.3. The lowest BCUT2D eigenvalue weighted by Gasteiger charge is -2.11. The van der Waals surface area contributed by atoms with E-state index in [4.69, 9.17) is 11.6 Å². The average molecular weight is 459 g/mol. The Balaban J connectivity index is 1.60. The van der Waals surface area contributed by atoms with Crippen LogP contribution in [0.2, 0.25) is 5.15 Å². The smallest absolute Gasteiger partial charge is 0.329 e. The van der Waals surface area contributed by atoms with Crippen LogP contribution in [0.1, 0.15) is 31.0 Å². The largest absolute Gasteiger partial charge is 0.342 e. The molecule has 0 spiro atoms. The molecule has 0 saturated heterocycles. The fourth-order valence-corrected chi connectivity index (χ4v) is 5.09. The Labute approximate surface area is 184 Å². The third-order valence-corrected chi connectivity index (χ3v) is 7.05. The van der Waals surface area contributed by atoms with Crippen molar-refractivity contribution in [1.82, 2.24) is 18.7 Å². The van der Waals surface area contributed by atoms with Crippen LogP contribution in [-0.2, 0) is 22.9 Å². The van der Waals surface area contributed by atoms with Crippen molar-refractivity contribution < 1.29 is 8.42 Å². The fraction of sp³-hybridized carbons (Fsp3) is 0.364. The molecule has 1 aliphatic rings. The topological polar surface area (TPSA) is 78.9 Å². The molecule has 1 aromatic carbocycles. The molecule has 0 unspecified atom stereocenters. The van der Waals surface area contributed by atoms with Crippen LogP contribution in [-0.4, -0.2) is 39.1 Å². The molecule has 3 heterocycles. The number of halogens is 1. The van der Waals surface area contributed by atoms with Crippen molar-refractivity contribution in [3.8, 4) is 0 Å². The normalized spacial score (nSPS) is 14.6. The van der Waals surface area contributed by atoms with E-state index in [2.05, 4.69) is 9.55 Å². The monoisotopic (exact) mass is 458 g/mol. The van der Waals surface area contributed by atoms with Crippen LogP contribution in [0.4, 0.5) is 0 Å². The third kappa shape index (κ3) is 3.90. The molecular formula is C22H23ClN4O3S. The number of aromatic nitrogens is 4. The molecule has 0 atom stereocenters. The van der Waals surface area contributed by atoms with Gasteiger partial charge in [-0.2, -0.15) is 0 Å². The minimum absolute atomic E-state index is 0.0115. The maximum Gasteiger partial charge on any atom is 0.329 e. The van der Waals surface area contributed by atoms with Crippen molar-refractivity contribution in [2.75, 3.05) is 12.0 Å². The lowest BCUT2D eigenvalue weighted by Crippen LogP contribution is -2.25. The number of nitrogens with zero attached hydrogens (tertiary/aromatic N) is 4. The molecule has 0 aliphatic heterocycles. The molecule has 3 aromatic heterocycles. The molecule has 1 aliphatic carbocycles. The van der Waals surface area contributed by atoms with E-state index >= 15 is 0 Å². The Kier molecular flexibility index (Phi) is 4.94. The number of rotatable bonds is 7. The first kappa shape index (κ1) is 20.3. The van der Waals surface area contributed by atoms with Gasteiger partial charge in [0, 0.05) is 24.5 Å². The van der Waals surface area contributed by atoms with Crippen LogP contribution in [0.25, 0.3) is 22.1 Å². The molecule has 7 nitrogen and oxygen atoms in total. The highest BCUT2D eigenvalue weighted by Gasteiger charge is 2.29. The summed E-state index contributed by atoms with van der Waals surface area (Å²) in [6, 6.07) is 13.7. The summed E-state index contributed by atoms with van der Waals surface area (Å²) in [7, 11) is -3.05. The van der Waals surface area contributed by atoms with Crippen LogP contribution in [0.15, 0.2) is 47.3 Å². The van der Waals surface area contributed by atoms with Gasteiger partial charge < -0.3 is 4.57 Å². The van der Waals surface area contributed by atoms with Gasteiger partial charge in [0.05, 0.1) is 34.4 Å². The predicted molar refractivity (Wildman–Crippen MR) is 123 cm³/mol. The Morgan fingerprint density at radius 3 is 2.52 bits per heavy atom. The van der Waals surface area contributed by atoms with Crippen LogP contribution in [0, 0.1) is 0 Å². The summed E-state index contributed by atoms with van der Waals surface area (Å²) in [5, 5.41) is 0.398. The molecule has 0 N–H and O–H groups in total. The number of hydrogen-bond donors (Lipinski definition) is 0. The van der Waals surface area contributed by atoms with Crippen molar-refractivity contribution in [3.05, 3.63) is 63.8 Å². The van der Waals surface area contributed by atoms with E-state index in [0.29, 0.717) is 24.7 Å². The van der Waals surface area contributed by atoms with Gasteiger partial charge >= 0.3 is 5.69 Å². The van der Waals surface area contributed by atoms with Crippen LogP contribution >= 0.6 is 11.6 Å². The summed E-state index contributed by atoms with van der Waals surface area (Å²) in [5.74, 6) is 0.105. The van der Waals surface area contributed by atoms with Gasteiger partial charge in [0.2, 0.25) is 0 Å². The second-order valence-corrected chi connectivity index (χ2v) is 10.9. The Bertz CT molecular complexity index is 1460. The van der Waals surface area contributed by atoms with Crippen molar-refractivity contribution in [3.63, 3.8) is 0 Å². The number of fused-ring (bicyclic) bond motifs is 2. The van der Waals surface area contributed by atoms with Gasteiger partial charge in [-0.3, -0.25) is 9.13 Å². The summed E-state index contributed by atoms with van der Waals surface area (Å²) >= 11 is 6.09. The summed E-state index contributed by atoms with van der Waals surface area (Å²) in [6.45, 7) is 0.900. The Morgan fingerprint density at radius 2 is 1.81 bits per heavy atom. The second kappa shape index (κ2) is 7.53. The van der Waals surface area contributed by atoms with Crippen LogP contribution < -0.4 is 5.69 Å². The van der Waals surface area contributed by atoms with Crippen molar-refractivity contribution in [2.45, 2.75) is 38.4 Å². The lowest BCUT2D eigenvalue weighted by atomic mass is 10.3. The number of para-hydroxylation sites is 2. The quantitative estimate of drug-likeness (QED) is 0.396. The van der Waals surface area contributed by atoms with E-state index in [1.165, 1.54) is 6.26 Å². The number of benzene rings is 1. The van der Waals surface area contributed by atoms with Gasteiger partial charge in [0.1, 0.15) is 15.0 Å². The first-order chi connectivity index (χ1) is 14.8. The van der Waals surface area contributed by atoms with Crippen molar-refractivity contribution in [2.24, 2.45) is 0 Å². The van der Waals surface area contributed by atoms with Gasteiger partial charge in [-0.25, -0.2) is 18.2 Å². The van der Waals surface area contributed by atoms with Gasteiger partial charge in [0.25, 0.3) is 0 Å². The Hall–Kier alpha value is -2.58. The number of hydrogen-bond acceptors (Lipinski definition) is 4. The molecule has 0 amide bonds. The highest BCUT2D eigenvalue weighted by atomic mass is 35.5. The van der Waals surface area contributed by atoms with Gasteiger partial charge in [-0.05, 0) is 49.6 Å². The van der Waals surface area contributed by atoms with Crippen LogP contribution in [0.5, 0.6) is 0 Å². The zero-order valence-electron chi connectivity index (χ0n) is 17.2. The highest BCUT2D eigenvalue weighted by molar-refractivity contribution is 7.90. The molecule has 0 bridgehead atoms. The highest BCUT2D eigenvalue weighted by Crippen LogP contribution is 2.36. The van der Waals surface area contributed by atoms with E-state index in [1.807, 2.05) is 41.0 Å². The van der Waals surface area contributed by atoms with Crippen molar-refractivity contribution in [1.29, 1.82) is 0 Å². The molecule has 1 fully saturated rings. The molecule has 162 valence electrons. The molecule has 31 heavy (non-hydrogen) atoms. The summed E-state index contributed by atoms with van der Waals surface area (Å²) < 4.78 is 29.0. The van der Waals surface area contributed by atoms with E-state index in [1.54, 1.807) is 10.6 Å². The van der Waals surface area contributed by atoms with Gasteiger partial charge in [0.15, 0.2) is 0 Å². The standard InChI is InChI=1S/C22H23ClN4O3S/c1-31(29,30)12-4-11-25-16(13-17-18(25)9-10-21(23)24-17)14-26-19-5-2-3-6-20(19)27(22(26)28)15-7-8-15/h2-3,5-6,9-10,13,15H,4,7-8,11-12,14H2,1H3. The number of aryl methyl sites for hydroxylation is 1. The van der Waals surface area contributed by atoms with Gasteiger partial charge in [-0.1, -0.05) is 23.7 Å². The molecule has 0 radical (unpaired) electrons. The average Bonchev–Trinajstić information content (AvgIpc) is 3.43. The Morgan fingerprint density at radius 1 is 1.06 bits per heavy atom. The zero-order valence-corrected chi connectivity index (χ0v) is 18.7. The minimum atomic E-state index is -3.05. The number of pyridine rings is 1.